The van der Waals surface area contributed by atoms with Gasteiger partial charge in [0, 0.05) is 7.05 Å². The van der Waals surface area contributed by atoms with E-state index in [1.165, 1.54) is 9.91 Å². The second kappa shape index (κ2) is 6.35. The molecule has 118 valence electrons. The highest BCUT2D eigenvalue weighted by Crippen LogP contribution is 2.13. The predicted octanol–water partition coefficient (Wildman–Crippen LogP) is 1.19. The first-order valence-corrected chi connectivity index (χ1v) is 7.12. The van der Waals surface area contributed by atoms with Gasteiger partial charge in [-0.05, 0) is 24.3 Å². The van der Waals surface area contributed by atoms with E-state index in [0.29, 0.717) is 18.0 Å². The number of nitrogens with one attached hydrogen (secondary N) is 1. The van der Waals surface area contributed by atoms with Crippen molar-refractivity contribution < 1.29 is 14.0 Å². The van der Waals surface area contributed by atoms with Crippen LogP contribution in [-0.4, -0.2) is 36.1 Å². The fourth-order valence-electron chi connectivity index (χ4n) is 2.21. The largest absolute Gasteiger partial charge is 0.467 e. The second-order valence-corrected chi connectivity index (χ2v) is 5.08. The molecule has 7 heteroatoms. The lowest BCUT2D eigenvalue weighted by Gasteiger charge is -2.29. The van der Waals surface area contributed by atoms with E-state index in [9.17, 15) is 9.59 Å². The molecule has 0 unspecified atom stereocenters. The van der Waals surface area contributed by atoms with Gasteiger partial charge in [0.2, 0.25) is 5.84 Å². The Balaban J connectivity index is 1.72. The van der Waals surface area contributed by atoms with Gasteiger partial charge in [0.05, 0.1) is 18.5 Å². The summed E-state index contributed by atoms with van der Waals surface area (Å²) in [5, 5.41) is 1.33. The van der Waals surface area contributed by atoms with Gasteiger partial charge in [-0.25, -0.2) is 5.01 Å². The third-order valence-electron chi connectivity index (χ3n) is 3.38. The molecule has 0 radical (unpaired) electrons. The van der Waals surface area contributed by atoms with Gasteiger partial charge >= 0.3 is 0 Å². The Morgan fingerprint density at radius 2 is 2.09 bits per heavy atom. The molecule has 0 fully saturated rings. The minimum atomic E-state index is -0.310. The van der Waals surface area contributed by atoms with Crippen LogP contribution in [0, 0.1) is 0 Å². The topological polar surface area (TPSA) is 78.2 Å². The zero-order chi connectivity index (χ0) is 16.2. The first-order valence-electron chi connectivity index (χ1n) is 7.12. The highest BCUT2D eigenvalue weighted by Gasteiger charge is 2.27. The molecule has 0 aliphatic carbocycles. The highest BCUT2D eigenvalue weighted by molar-refractivity contribution is 6.39. The normalized spacial score (nSPS) is 14.2. The lowest BCUT2D eigenvalue weighted by Crippen LogP contribution is -2.55. The number of nitrogens with zero attached hydrogens (tertiary/aromatic N) is 3. The number of benzene rings is 1. The molecule has 1 aromatic heterocycles. The average molecular weight is 312 g/mol. The van der Waals surface area contributed by atoms with Crippen molar-refractivity contribution in [2.24, 2.45) is 4.99 Å². The van der Waals surface area contributed by atoms with Crippen molar-refractivity contribution in [1.82, 2.24) is 10.3 Å². The van der Waals surface area contributed by atoms with Crippen LogP contribution in [0.5, 0.6) is 0 Å². The van der Waals surface area contributed by atoms with Crippen molar-refractivity contribution in [2.75, 3.05) is 18.6 Å². The lowest BCUT2D eigenvalue weighted by atomic mass is 10.3. The molecule has 2 aromatic rings. The van der Waals surface area contributed by atoms with Crippen LogP contribution < -0.4 is 10.4 Å². The molecular formula is C16H16N4O3. The lowest BCUT2D eigenvalue weighted by molar-refractivity contribution is -0.124. The predicted molar refractivity (Wildman–Crippen MR) is 84.5 cm³/mol. The number of anilines is 1. The molecule has 0 spiro atoms. The number of rotatable bonds is 4. The quantitative estimate of drug-likeness (QED) is 0.920. The van der Waals surface area contributed by atoms with Crippen molar-refractivity contribution in [1.29, 1.82) is 0 Å². The molecule has 1 N–H and O–H groups in total. The molecule has 1 aliphatic heterocycles. The maximum absolute atomic E-state index is 12.5. The summed E-state index contributed by atoms with van der Waals surface area (Å²) in [5.74, 6) is 0.270. The number of hydrogen-bond donors (Lipinski definition) is 1. The summed E-state index contributed by atoms with van der Waals surface area (Å²) in [6.45, 7) is 0.253. The van der Waals surface area contributed by atoms with E-state index in [2.05, 4.69) is 10.4 Å². The van der Waals surface area contributed by atoms with E-state index in [1.54, 1.807) is 37.6 Å². The molecule has 23 heavy (non-hydrogen) atoms. The molecule has 0 atom stereocenters. The molecule has 0 saturated carbocycles. The number of hydrogen-bond acceptors (Lipinski definition) is 5. The van der Waals surface area contributed by atoms with Crippen LogP contribution in [0.2, 0.25) is 0 Å². The van der Waals surface area contributed by atoms with Crippen LogP contribution in [0.1, 0.15) is 5.76 Å². The van der Waals surface area contributed by atoms with Gasteiger partial charge in [0.1, 0.15) is 12.3 Å². The van der Waals surface area contributed by atoms with Crippen molar-refractivity contribution in [3.05, 3.63) is 54.5 Å². The van der Waals surface area contributed by atoms with Gasteiger partial charge in [-0.15, -0.1) is 0 Å². The summed E-state index contributed by atoms with van der Waals surface area (Å²) in [7, 11) is 1.65. The third kappa shape index (κ3) is 3.23. The van der Waals surface area contributed by atoms with E-state index in [1.807, 2.05) is 18.2 Å². The van der Waals surface area contributed by atoms with Crippen molar-refractivity contribution in [3.8, 4) is 0 Å². The van der Waals surface area contributed by atoms with E-state index in [-0.39, 0.29) is 24.2 Å². The average Bonchev–Trinajstić information content (AvgIpc) is 3.08. The first-order chi connectivity index (χ1) is 11.1. The SMILES string of the molecule is CN(Cc1ccco1)C(=O)C1=NCC(=O)N(c2ccccc2)N1. The van der Waals surface area contributed by atoms with Crippen LogP contribution >= 0.6 is 0 Å². The minimum absolute atomic E-state index is 0.0719. The minimum Gasteiger partial charge on any atom is -0.467 e. The Morgan fingerprint density at radius 1 is 1.30 bits per heavy atom. The summed E-state index contributed by atoms with van der Waals surface area (Å²) in [6.07, 6.45) is 1.56. The number of hydrazine groups is 1. The summed E-state index contributed by atoms with van der Waals surface area (Å²) in [6, 6.07) is 12.6. The van der Waals surface area contributed by atoms with E-state index in [4.69, 9.17) is 4.42 Å². The zero-order valence-electron chi connectivity index (χ0n) is 12.6. The highest BCUT2D eigenvalue weighted by atomic mass is 16.3. The van der Waals surface area contributed by atoms with Gasteiger partial charge in [-0.1, -0.05) is 18.2 Å². The maximum atomic E-state index is 12.5. The van der Waals surface area contributed by atoms with Crippen molar-refractivity contribution in [3.63, 3.8) is 0 Å². The van der Waals surface area contributed by atoms with Crippen LogP contribution in [-0.2, 0) is 16.1 Å². The van der Waals surface area contributed by atoms with Crippen LogP contribution in [0.4, 0.5) is 5.69 Å². The number of furan rings is 1. The van der Waals surface area contributed by atoms with Crippen molar-refractivity contribution >= 4 is 23.3 Å². The summed E-state index contributed by atoms with van der Waals surface area (Å²) >= 11 is 0. The Bertz CT molecular complexity index is 725. The number of aliphatic imine (C=N–C) groups is 1. The van der Waals surface area contributed by atoms with Gasteiger partial charge < -0.3 is 9.32 Å². The number of amides is 2. The smallest absolute Gasteiger partial charge is 0.290 e. The van der Waals surface area contributed by atoms with Crippen LogP contribution in [0.25, 0.3) is 0 Å². The monoisotopic (exact) mass is 312 g/mol. The molecule has 2 heterocycles. The molecule has 1 aromatic carbocycles. The molecular weight excluding hydrogens is 296 g/mol. The third-order valence-corrected chi connectivity index (χ3v) is 3.38. The number of carbonyl (C=O) groups is 2. The Kier molecular flexibility index (Phi) is 4.09. The summed E-state index contributed by atoms with van der Waals surface area (Å²) in [5.41, 5.74) is 3.45. The Hall–Kier alpha value is -3.09. The molecule has 3 rings (SSSR count). The Labute approximate surface area is 133 Å². The zero-order valence-corrected chi connectivity index (χ0v) is 12.6. The van der Waals surface area contributed by atoms with Crippen molar-refractivity contribution in [2.45, 2.75) is 6.54 Å². The fourth-order valence-corrected chi connectivity index (χ4v) is 2.21. The molecule has 0 saturated heterocycles. The second-order valence-electron chi connectivity index (χ2n) is 5.08. The van der Waals surface area contributed by atoms with Gasteiger partial charge in [-0.3, -0.25) is 20.0 Å². The van der Waals surface area contributed by atoms with E-state index >= 15 is 0 Å². The molecule has 2 amide bonds. The van der Waals surface area contributed by atoms with E-state index in [0.717, 1.165) is 0 Å². The molecule has 7 nitrogen and oxygen atoms in total. The number of para-hydroxylation sites is 1. The van der Waals surface area contributed by atoms with Crippen LogP contribution in [0.15, 0.2) is 58.1 Å². The Morgan fingerprint density at radius 3 is 2.78 bits per heavy atom. The van der Waals surface area contributed by atoms with Gasteiger partial charge in [-0.2, -0.15) is 0 Å². The standard InChI is InChI=1S/C16H16N4O3/c1-19(11-13-8-5-9-23-13)16(22)15-17-10-14(21)20(18-15)12-6-3-2-4-7-12/h2-9H,10-11H2,1H3,(H,17,18). The van der Waals surface area contributed by atoms with E-state index < -0.39 is 0 Å². The number of amidine groups is 1. The molecule has 0 bridgehead atoms. The molecule has 1 aliphatic rings. The summed E-state index contributed by atoms with van der Waals surface area (Å²) in [4.78, 5) is 30.0. The summed E-state index contributed by atoms with van der Waals surface area (Å²) < 4.78 is 5.23. The van der Waals surface area contributed by atoms with Crippen LogP contribution in [0.3, 0.4) is 0 Å². The maximum Gasteiger partial charge on any atom is 0.290 e. The van der Waals surface area contributed by atoms with Gasteiger partial charge in [0.15, 0.2) is 0 Å². The number of likely N-dealkylation sites (N-methyl/N-ethyl adjacent to an activating group) is 1. The first kappa shape index (κ1) is 14.8. The fraction of sp³-hybridized carbons (Fsp3) is 0.188. The number of carbonyl (C=O) groups excluding carboxylic acids is 2. The van der Waals surface area contributed by atoms with Gasteiger partial charge in [0.25, 0.3) is 11.8 Å².